The molecule has 0 radical (unpaired) electrons. The quantitative estimate of drug-likeness (QED) is 0.648. The Hall–Kier alpha value is -3.54. The molecule has 6 heteroatoms. The minimum atomic E-state index is -2.18. The van der Waals surface area contributed by atoms with Crippen molar-refractivity contribution in [3.05, 3.63) is 90.0 Å². The number of hydrogen-bond acceptors (Lipinski definition) is 4. The van der Waals surface area contributed by atoms with Gasteiger partial charge in [0.25, 0.3) is 0 Å². The van der Waals surface area contributed by atoms with Gasteiger partial charge >= 0.3 is 12.7 Å². The van der Waals surface area contributed by atoms with E-state index in [9.17, 15) is 4.79 Å². The van der Waals surface area contributed by atoms with Gasteiger partial charge < -0.3 is 18.5 Å². The summed E-state index contributed by atoms with van der Waals surface area (Å²) >= 11 is 0. The molecule has 0 spiro atoms. The maximum absolute atomic E-state index is 13.0. The normalized spacial score (nSPS) is 22.0. The number of methoxy groups -OCH3 is 1. The second-order valence-electron chi connectivity index (χ2n) is 7.32. The zero-order valence-corrected chi connectivity index (χ0v) is 16.0. The van der Waals surface area contributed by atoms with E-state index in [1.807, 2.05) is 89.6 Å². The SMILES string of the molecule is COc1ccc2c(c1)O[B-]1(c3ccccc3)OC(=O)C(Cc3ccccc3)[N+]1=C2. The predicted octanol–water partition coefficient (Wildman–Crippen LogP) is 2.53. The van der Waals surface area contributed by atoms with Crippen LogP contribution in [0, 0.1) is 0 Å². The van der Waals surface area contributed by atoms with Crippen LogP contribution in [0.5, 0.6) is 11.5 Å². The highest BCUT2D eigenvalue weighted by Crippen LogP contribution is 2.34. The molecule has 5 nitrogen and oxygen atoms in total. The van der Waals surface area contributed by atoms with Gasteiger partial charge in [-0.3, -0.25) is 0 Å². The van der Waals surface area contributed by atoms with Gasteiger partial charge in [0.2, 0.25) is 6.04 Å². The lowest BCUT2D eigenvalue weighted by atomic mass is 9.62. The van der Waals surface area contributed by atoms with Gasteiger partial charge in [-0.2, -0.15) is 0 Å². The molecular formula is C23H20BNO4. The van der Waals surface area contributed by atoms with Gasteiger partial charge in [-0.25, -0.2) is 4.79 Å². The molecular weight excluding hydrogens is 365 g/mol. The van der Waals surface area contributed by atoms with Gasteiger partial charge in [-0.15, -0.1) is 0 Å². The average Bonchev–Trinajstić information content (AvgIpc) is 3.04. The fraction of sp³-hybridized carbons (Fsp3) is 0.130. The standard InChI is InChI=1S/C23H20BNO4/c1-27-20-13-12-18-16-25-21(14-17-8-4-2-5-9-17)23(26)29-24(25,28-22(18)15-20)19-10-6-3-7-11-19/h2-13,15-16,21H,14H2,1H3. The highest BCUT2D eigenvalue weighted by atomic mass is 16.7. The highest BCUT2D eigenvalue weighted by molar-refractivity contribution is 6.77. The number of nitrogens with zero attached hydrogens (tertiary/aromatic N) is 1. The molecule has 2 atom stereocenters. The molecule has 144 valence electrons. The first kappa shape index (κ1) is 17.6. The van der Waals surface area contributed by atoms with Crippen LogP contribution in [0.4, 0.5) is 0 Å². The first-order chi connectivity index (χ1) is 14.2. The molecule has 2 aliphatic rings. The molecule has 2 aliphatic heterocycles. The summed E-state index contributed by atoms with van der Waals surface area (Å²) in [6, 6.07) is 24.8. The van der Waals surface area contributed by atoms with E-state index >= 15 is 0 Å². The Bertz CT molecular complexity index is 1100. The van der Waals surface area contributed by atoms with Gasteiger partial charge in [-0.05, 0) is 23.2 Å². The van der Waals surface area contributed by atoms with Crippen molar-refractivity contribution in [3.63, 3.8) is 0 Å². The summed E-state index contributed by atoms with van der Waals surface area (Å²) in [6.07, 6.45) is 2.52. The summed E-state index contributed by atoms with van der Waals surface area (Å²) in [5, 5.41) is 0. The largest absolute Gasteiger partial charge is 0.682 e. The third-order valence-electron chi connectivity index (χ3n) is 5.59. The van der Waals surface area contributed by atoms with Crippen LogP contribution >= 0.6 is 0 Å². The second-order valence-corrected chi connectivity index (χ2v) is 7.32. The zero-order chi connectivity index (χ0) is 19.8. The number of rotatable bonds is 4. The lowest BCUT2D eigenvalue weighted by molar-refractivity contribution is -0.432. The molecule has 3 aromatic rings. The van der Waals surface area contributed by atoms with E-state index in [1.165, 1.54) is 0 Å². The molecule has 0 aliphatic carbocycles. The lowest BCUT2D eigenvalue weighted by Gasteiger charge is -2.35. The fourth-order valence-electron chi connectivity index (χ4n) is 4.14. The smallest absolute Gasteiger partial charge is 0.618 e. The van der Waals surface area contributed by atoms with Crippen LogP contribution in [-0.4, -0.2) is 36.5 Å². The van der Waals surface area contributed by atoms with Gasteiger partial charge in [0.05, 0.1) is 18.4 Å². The molecule has 29 heavy (non-hydrogen) atoms. The topological polar surface area (TPSA) is 47.8 Å². The summed E-state index contributed by atoms with van der Waals surface area (Å²) in [5.41, 5.74) is 2.78. The lowest BCUT2D eigenvalue weighted by Crippen LogP contribution is -2.64. The monoisotopic (exact) mass is 385 g/mol. The van der Waals surface area contributed by atoms with Gasteiger partial charge in [0.1, 0.15) is 12.0 Å². The van der Waals surface area contributed by atoms with Crippen molar-refractivity contribution in [2.45, 2.75) is 12.5 Å². The summed E-state index contributed by atoms with van der Waals surface area (Å²) < 4.78 is 19.8. The average molecular weight is 385 g/mol. The van der Waals surface area contributed by atoms with Crippen molar-refractivity contribution >= 4 is 24.3 Å². The Balaban J connectivity index is 1.65. The predicted molar refractivity (Wildman–Crippen MR) is 111 cm³/mol. The number of carbonyl (C=O) groups is 1. The van der Waals surface area contributed by atoms with Crippen molar-refractivity contribution in [3.8, 4) is 11.5 Å². The minimum Gasteiger partial charge on any atom is -0.618 e. The van der Waals surface area contributed by atoms with Crippen LogP contribution in [0.25, 0.3) is 0 Å². The van der Waals surface area contributed by atoms with Crippen molar-refractivity contribution in [2.24, 2.45) is 0 Å². The van der Waals surface area contributed by atoms with Gasteiger partial charge in [0.15, 0.2) is 0 Å². The van der Waals surface area contributed by atoms with E-state index in [-0.39, 0.29) is 5.97 Å². The van der Waals surface area contributed by atoms with Crippen LogP contribution in [0.2, 0.25) is 0 Å². The third-order valence-corrected chi connectivity index (χ3v) is 5.59. The molecule has 1 saturated heterocycles. The van der Waals surface area contributed by atoms with Gasteiger partial charge in [-0.1, -0.05) is 60.7 Å². The van der Waals surface area contributed by atoms with Crippen molar-refractivity contribution in [2.75, 3.05) is 7.11 Å². The molecule has 5 rings (SSSR count). The molecule has 2 unspecified atom stereocenters. The molecule has 3 aromatic carbocycles. The van der Waals surface area contributed by atoms with Crippen LogP contribution < -0.4 is 14.9 Å². The van der Waals surface area contributed by atoms with Crippen LogP contribution in [-0.2, 0) is 15.9 Å². The Morgan fingerprint density at radius 2 is 1.69 bits per heavy atom. The van der Waals surface area contributed by atoms with Crippen LogP contribution in [0.15, 0.2) is 78.9 Å². The van der Waals surface area contributed by atoms with E-state index < -0.39 is 12.7 Å². The van der Waals surface area contributed by atoms with Gasteiger partial charge in [0, 0.05) is 12.5 Å². The Kier molecular flexibility index (Phi) is 4.12. The van der Waals surface area contributed by atoms with E-state index in [0.29, 0.717) is 17.9 Å². The number of ether oxygens (including phenoxy) is 1. The van der Waals surface area contributed by atoms with Crippen molar-refractivity contribution in [1.82, 2.24) is 0 Å². The third kappa shape index (κ3) is 2.88. The van der Waals surface area contributed by atoms with E-state index in [4.69, 9.17) is 14.0 Å². The maximum Gasteiger partial charge on any atom is 0.682 e. The molecule has 1 fully saturated rings. The van der Waals surface area contributed by atoms with Crippen molar-refractivity contribution < 1.29 is 23.3 Å². The molecule has 2 heterocycles. The number of benzene rings is 3. The zero-order valence-electron chi connectivity index (χ0n) is 16.0. The first-order valence-electron chi connectivity index (χ1n) is 9.66. The number of fused-ring (bicyclic) bond motifs is 2. The molecule has 0 aromatic heterocycles. The van der Waals surface area contributed by atoms with E-state index in [1.54, 1.807) is 7.11 Å². The molecule has 0 bridgehead atoms. The molecule has 0 N–H and O–H groups in total. The first-order valence-corrected chi connectivity index (χ1v) is 9.66. The molecule has 0 amide bonds. The van der Waals surface area contributed by atoms with E-state index in [2.05, 4.69) is 0 Å². The number of carbonyl (C=O) groups excluding carboxylic acids is 1. The summed E-state index contributed by atoms with van der Waals surface area (Å²) in [5.74, 6) is 1.04. The number of hydrogen-bond donors (Lipinski definition) is 0. The highest BCUT2D eigenvalue weighted by Gasteiger charge is 2.61. The Morgan fingerprint density at radius 1 is 0.966 bits per heavy atom. The van der Waals surface area contributed by atoms with Crippen LogP contribution in [0.1, 0.15) is 11.1 Å². The van der Waals surface area contributed by atoms with Crippen LogP contribution in [0.3, 0.4) is 0 Å². The van der Waals surface area contributed by atoms with E-state index in [0.717, 1.165) is 16.6 Å². The molecule has 0 saturated carbocycles. The van der Waals surface area contributed by atoms with Crippen molar-refractivity contribution in [1.29, 1.82) is 0 Å². The summed E-state index contributed by atoms with van der Waals surface area (Å²) in [4.78, 5) is 13.0. The minimum absolute atomic E-state index is 0.284. The Morgan fingerprint density at radius 3 is 2.41 bits per heavy atom. The fourth-order valence-corrected chi connectivity index (χ4v) is 4.14. The Labute approximate surface area is 169 Å². The summed E-state index contributed by atoms with van der Waals surface area (Å²) in [7, 11) is 1.62. The maximum atomic E-state index is 13.0. The summed E-state index contributed by atoms with van der Waals surface area (Å²) in [6.45, 7) is -2.18. The second kappa shape index (κ2) is 6.81.